The molecule has 2 heterocycles. The highest BCUT2D eigenvalue weighted by molar-refractivity contribution is 5.73. The third kappa shape index (κ3) is 2.60. The van der Waals surface area contributed by atoms with Gasteiger partial charge < -0.3 is 10.1 Å². The number of fused-ring (bicyclic) bond motifs is 1. The number of aromatic nitrogens is 2. The molecule has 2 aromatic rings. The Morgan fingerprint density at radius 1 is 1.37 bits per heavy atom. The zero-order valence-corrected chi connectivity index (χ0v) is 11.2. The van der Waals surface area contributed by atoms with Gasteiger partial charge in [-0.1, -0.05) is 19.1 Å². The van der Waals surface area contributed by atoms with Crippen LogP contribution >= 0.6 is 0 Å². The summed E-state index contributed by atoms with van der Waals surface area (Å²) in [6.45, 7) is 4.71. The average Bonchev–Trinajstić information content (AvgIpc) is 2.98. The molecular weight excluding hydrogens is 238 g/mol. The Hall–Kier alpha value is -1.52. The van der Waals surface area contributed by atoms with Crippen LogP contribution in [0.1, 0.15) is 25.1 Å². The van der Waals surface area contributed by atoms with Crippen molar-refractivity contribution < 1.29 is 4.74 Å². The maximum atomic E-state index is 5.51. The van der Waals surface area contributed by atoms with E-state index in [4.69, 9.17) is 9.72 Å². The van der Waals surface area contributed by atoms with Gasteiger partial charge in [-0.25, -0.2) is 4.98 Å². The standard InChI is InChI=1S/C15H19N3O/c1-2-16-15(11-7-8-19-10-11)14-9-17-12-5-3-4-6-13(12)18-14/h3-6,9,11,15-16H,2,7-8,10H2,1H3. The smallest absolute Gasteiger partial charge is 0.0890 e. The molecule has 0 bridgehead atoms. The molecule has 1 N–H and O–H groups in total. The molecule has 0 spiro atoms. The molecule has 19 heavy (non-hydrogen) atoms. The van der Waals surface area contributed by atoms with Crippen molar-refractivity contribution in [1.82, 2.24) is 15.3 Å². The van der Waals surface area contributed by atoms with Gasteiger partial charge in [-0.05, 0) is 25.1 Å². The summed E-state index contributed by atoms with van der Waals surface area (Å²) < 4.78 is 5.51. The van der Waals surface area contributed by atoms with Crippen LogP contribution in [0.25, 0.3) is 11.0 Å². The Bertz CT molecular complexity index is 552. The van der Waals surface area contributed by atoms with Crippen LogP contribution in [0.15, 0.2) is 30.5 Å². The monoisotopic (exact) mass is 257 g/mol. The minimum Gasteiger partial charge on any atom is -0.381 e. The van der Waals surface area contributed by atoms with Crippen LogP contribution in [0, 0.1) is 5.92 Å². The van der Waals surface area contributed by atoms with E-state index in [1.54, 1.807) is 0 Å². The molecule has 1 saturated heterocycles. The molecule has 1 aromatic carbocycles. The van der Waals surface area contributed by atoms with E-state index in [0.717, 1.165) is 42.9 Å². The molecular formula is C15H19N3O. The zero-order valence-electron chi connectivity index (χ0n) is 11.2. The van der Waals surface area contributed by atoms with Crippen LogP contribution < -0.4 is 5.32 Å². The van der Waals surface area contributed by atoms with Gasteiger partial charge in [0.05, 0.1) is 35.6 Å². The molecule has 1 aliphatic heterocycles. The van der Waals surface area contributed by atoms with E-state index < -0.39 is 0 Å². The largest absolute Gasteiger partial charge is 0.381 e. The molecule has 4 nitrogen and oxygen atoms in total. The predicted octanol–water partition coefficient (Wildman–Crippen LogP) is 2.32. The summed E-state index contributed by atoms with van der Waals surface area (Å²) in [5.41, 5.74) is 2.93. The molecule has 100 valence electrons. The molecule has 2 atom stereocenters. The van der Waals surface area contributed by atoms with Crippen molar-refractivity contribution in [2.75, 3.05) is 19.8 Å². The summed E-state index contributed by atoms with van der Waals surface area (Å²) in [7, 11) is 0. The number of hydrogen-bond donors (Lipinski definition) is 1. The van der Waals surface area contributed by atoms with Crippen LogP contribution in [0.5, 0.6) is 0 Å². The molecule has 0 saturated carbocycles. The normalized spacial score (nSPS) is 20.8. The van der Waals surface area contributed by atoms with E-state index in [2.05, 4.69) is 17.2 Å². The van der Waals surface area contributed by atoms with Crippen LogP contribution in [0.4, 0.5) is 0 Å². The van der Waals surface area contributed by atoms with Gasteiger partial charge in [-0.15, -0.1) is 0 Å². The number of benzene rings is 1. The second-order valence-corrected chi connectivity index (χ2v) is 4.94. The van der Waals surface area contributed by atoms with E-state index in [1.165, 1.54) is 0 Å². The maximum absolute atomic E-state index is 5.51. The van der Waals surface area contributed by atoms with Gasteiger partial charge >= 0.3 is 0 Å². The van der Waals surface area contributed by atoms with Gasteiger partial charge in [0.25, 0.3) is 0 Å². The zero-order chi connectivity index (χ0) is 13.1. The quantitative estimate of drug-likeness (QED) is 0.913. The van der Waals surface area contributed by atoms with Crippen LogP contribution in [0.2, 0.25) is 0 Å². The van der Waals surface area contributed by atoms with Crippen molar-refractivity contribution in [2.24, 2.45) is 5.92 Å². The van der Waals surface area contributed by atoms with Crippen molar-refractivity contribution in [3.05, 3.63) is 36.2 Å². The van der Waals surface area contributed by atoms with E-state index >= 15 is 0 Å². The Morgan fingerprint density at radius 2 is 2.21 bits per heavy atom. The van der Waals surface area contributed by atoms with Crippen LogP contribution in [-0.2, 0) is 4.74 Å². The summed E-state index contributed by atoms with van der Waals surface area (Å²) in [4.78, 5) is 9.27. The first-order chi connectivity index (χ1) is 9.38. The first kappa shape index (κ1) is 12.5. The lowest BCUT2D eigenvalue weighted by Gasteiger charge is -2.22. The van der Waals surface area contributed by atoms with E-state index in [0.29, 0.717) is 5.92 Å². The van der Waals surface area contributed by atoms with Crippen LogP contribution in [0.3, 0.4) is 0 Å². The molecule has 3 rings (SSSR count). The third-order valence-corrected chi connectivity index (χ3v) is 3.65. The molecule has 0 radical (unpaired) electrons. The highest BCUT2D eigenvalue weighted by atomic mass is 16.5. The molecule has 0 aliphatic carbocycles. The molecule has 2 unspecified atom stereocenters. The maximum Gasteiger partial charge on any atom is 0.0890 e. The number of para-hydroxylation sites is 2. The molecule has 1 fully saturated rings. The number of nitrogens with zero attached hydrogens (tertiary/aromatic N) is 2. The molecule has 4 heteroatoms. The topological polar surface area (TPSA) is 47.0 Å². The highest BCUT2D eigenvalue weighted by Crippen LogP contribution is 2.28. The Labute approximate surface area is 113 Å². The Morgan fingerprint density at radius 3 is 2.95 bits per heavy atom. The van der Waals surface area contributed by atoms with Gasteiger partial charge in [0.1, 0.15) is 0 Å². The lowest BCUT2D eigenvalue weighted by Crippen LogP contribution is -2.29. The van der Waals surface area contributed by atoms with E-state index in [9.17, 15) is 0 Å². The minimum absolute atomic E-state index is 0.240. The van der Waals surface area contributed by atoms with Crippen molar-refractivity contribution in [3.8, 4) is 0 Å². The fraction of sp³-hybridized carbons (Fsp3) is 0.467. The van der Waals surface area contributed by atoms with E-state index in [-0.39, 0.29) is 6.04 Å². The summed E-state index contributed by atoms with van der Waals surface area (Å²) in [6, 6.07) is 8.24. The van der Waals surface area contributed by atoms with Crippen LogP contribution in [-0.4, -0.2) is 29.7 Å². The molecule has 0 amide bonds. The number of rotatable bonds is 4. The molecule has 1 aliphatic rings. The minimum atomic E-state index is 0.240. The van der Waals surface area contributed by atoms with Gasteiger partial charge in [0, 0.05) is 12.5 Å². The van der Waals surface area contributed by atoms with Crippen molar-refractivity contribution in [3.63, 3.8) is 0 Å². The lowest BCUT2D eigenvalue weighted by molar-refractivity contribution is 0.176. The van der Waals surface area contributed by atoms with Gasteiger partial charge in [0.15, 0.2) is 0 Å². The van der Waals surface area contributed by atoms with Crippen molar-refractivity contribution >= 4 is 11.0 Å². The third-order valence-electron chi connectivity index (χ3n) is 3.65. The van der Waals surface area contributed by atoms with Crippen molar-refractivity contribution in [1.29, 1.82) is 0 Å². The summed E-state index contributed by atoms with van der Waals surface area (Å²) in [5.74, 6) is 0.496. The second-order valence-electron chi connectivity index (χ2n) is 4.94. The van der Waals surface area contributed by atoms with Gasteiger partial charge in [-0.2, -0.15) is 0 Å². The first-order valence-corrected chi connectivity index (χ1v) is 6.91. The van der Waals surface area contributed by atoms with E-state index in [1.807, 2.05) is 30.5 Å². The Balaban J connectivity index is 1.94. The summed E-state index contributed by atoms with van der Waals surface area (Å²) in [5, 5.41) is 3.52. The lowest BCUT2D eigenvalue weighted by atomic mass is 9.96. The van der Waals surface area contributed by atoms with Crippen molar-refractivity contribution in [2.45, 2.75) is 19.4 Å². The first-order valence-electron chi connectivity index (χ1n) is 6.91. The number of nitrogens with one attached hydrogen (secondary N) is 1. The van der Waals surface area contributed by atoms with Gasteiger partial charge in [-0.3, -0.25) is 4.98 Å². The second kappa shape index (κ2) is 5.63. The SMILES string of the molecule is CCNC(c1cnc2ccccc2n1)C1CCOC1. The predicted molar refractivity (Wildman–Crippen MR) is 74.9 cm³/mol. The summed E-state index contributed by atoms with van der Waals surface area (Å²) >= 11 is 0. The summed E-state index contributed by atoms with van der Waals surface area (Å²) in [6.07, 6.45) is 2.99. The highest BCUT2D eigenvalue weighted by Gasteiger charge is 2.27. The number of ether oxygens (including phenoxy) is 1. The Kier molecular flexibility index (Phi) is 3.71. The van der Waals surface area contributed by atoms with Gasteiger partial charge in [0.2, 0.25) is 0 Å². The fourth-order valence-electron chi connectivity index (χ4n) is 2.67. The number of hydrogen-bond acceptors (Lipinski definition) is 4. The average molecular weight is 257 g/mol. The fourth-order valence-corrected chi connectivity index (χ4v) is 2.67. The molecule has 1 aromatic heterocycles.